The van der Waals surface area contributed by atoms with Crippen molar-refractivity contribution >= 4 is 11.8 Å². The Labute approximate surface area is 149 Å². The van der Waals surface area contributed by atoms with Gasteiger partial charge in [-0.1, -0.05) is 12.1 Å². The van der Waals surface area contributed by atoms with Crippen molar-refractivity contribution in [1.82, 2.24) is 16.0 Å². The highest BCUT2D eigenvalue weighted by atomic mass is 16.5. The number of carbonyl (C=O) groups is 2. The summed E-state index contributed by atoms with van der Waals surface area (Å²) in [7, 11) is 0. The number of ether oxygens (including phenoxy) is 1. The summed E-state index contributed by atoms with van der Waals surface area (Å²) in [5, 5.41) is 9.30. The number of piperidine rings is 1. The molecule has 0 spiro atoms. The third-order valence-corrected chi connectivity index (χ3v) is 4.41. The summed E-state index contributed by atoms with van der Waals surface area (Å²) in [6.45, 7) is 5.98. The lowest BCUT2D eigenvalue weighted by Gasteiger charge is -2.30. The van der Waals surface area contributed by atoms with E-state index in [2.05, 4.69) is 22.9 Å². The first-order valence-electron chi connectivity index (χ1n) is 9.14. The van der Waals surface area contributed by atoms with Gasteiger partial charge in [0.1, 0.15) is 5.75 Å². The molecule has 1 aromatic rings. The van der Waals surface area contributed by atoms with Gasteiger partial charge in [-0.15, -0.1) is 0 Å². The standard InChI is InChI=1S/C19H29N3O3/c1-3-25-17-10-5-4-8-15(17)19(24)21-13-7-11-18(23)22-16-9-6-12-20-14(16)2/h4-5,8,10,14,16,20H,3,6-7,9,11-13H2,1-2H3,(H,21,24)(H,22,23). The molecule has 2 amide bonds. The van der Waals surface area contributed by atoms with Crippen molar-refractivity contribution in [2.75, 3.05) is 19.7 Å². The fraction of sp³-hybridized carbons (Fsp3) is 0.579. The largest absolute Gasteiger partial charge is 0.493 e. The Bertz CT molecular complexity index is 577. The van der Waals surface area contributed by atoms with E-state index >= 15 is 0 Å². The van der Waals surface area contributed by atoms with Gasteiger partial charge >= 0.3 is 0 Å². The molecular formula is C19H29N3O3. The van der Waals surface area contributed by atoms with Crippen molar-refractivity contribution in [3.63, 3.8) is 0 Å². The third-order valence-electron chi connectivity index (χ3n) is 4.41. The van der Waals surface area contributed by atoms with Crippen LogP contribution in [-0.4, -0.2) is 43.6 Å². The molecule has 2 unspecified atom stereocenters. The molecule has 1 aliphatic heterocycles. The molecule has 3 N–H and O–H groups in total. The number of hydrogen-bond donors (Lipinski definition) is 3. The van der Waals surface area contributed by atoms with Crippen LogP contribution in [0.5, 0.6) is 5.75 Å². The van der Waals surface area contributed by atoms with Gasteiger partial charge < -0.3 is 20.7 Å². The first-order valence-corrected chi connectivity index (χ1v) is 9.14. The fourth-order valence-corrected chi connectivity index (χ4v) is 3.00. The number of hydrogen-bond acceptors (Lipinski definition) is 4. The van der Waals surface area contributed by atoms with Crippen LogP contribution in [0.2, 0.25) is 0 Å². The highest BCUT2D eigenvalue weighted by Crippen LogP contribution is 2.17. The van der Waals surface area contributed by atoms with E-state index in [9.17, 15) is 9.59 Å². The normalized spacial score (nSPS) is 19.9. The van der Waals surface area contributed by atoms with Crippen LogP contribution in [0.3, 0.4) is 0 Å². The molecular weight excluding hydrogens is 318 g/mol. The molecule has 0 aliphatic carbocycles. The lowest BCUT2D eigenvalue weighted by atomic mass is 10.00. The molecule has 1 aromatic carbocycles. The van der Waals surface area contributed by atoms with Crippen molar-refractivity contribution in [3.8, 4) is 5.75 Å². The van der Waals surface area contributed by atoms with E-state index in [0.717, 1.165) is 19.4 Å². The minimum Gasteiger partial charge on any atom is -0.493 e. The maximum absolute atomic E-state index is 12.2. The zero-order chi connectivity index (χ0) is 18.1. The number of benzene rings is 1. The Morgan fingerprint density at radius 3 is 2.88 bits per heavy atom. The number of para-hydroxylation sites is 1. The third kappa shape index (κ3) is 6.05. The summed E-state index contributed by atoms with van der Waals surface area (Å²) in [6, 6.07) is 7.69. The summed E-state index contributed by atoms with van der Waals surface area (Å²) in [6.07, 6.45) is 3.13. The molecule has 1 aliphatic rings. The van der Waals surface area contributed by atoms with Gasteiger partial charge in [-0.05, 0) is 51.8 Å². The molecule has 1 saturated heterocycles. The quantitative estimate of drug-likeness (QED) is 0.627. The van der Waals surface area contributed by atoms with Crippen LogP contribution in [-0.2, 0) is 4.79 Å². The molecule has 25 heavy (non-hydrogen) atoms. The van der Waals surface area contributed by atoms with Crippen molar-refractivity contribution in [2.45, 2.75) is 51.6 Å². The molecule has 6 nitrogen and oxygen atoms in total. The van der Waals surface area contributed by atoms with Crippen molar-refractivity contribution in [3.05, 3.63) is 29.8 Å². The monoisotopic (exact) mass is 347 g/mol. The molecule has 2 rings (SSSR count). The Hall–Kier alpha value is -2.08. The number of nitrogens with one attached hydrogen (secondary N) is 3. The van der Waals surface area contributed by atoms with Gasteiger partial charge in [-0.3, -0.25) is 9.59 Å². The van der Waals surface area contributed by atoms with Crippen molar-refractivity contribution in [2.24, 2.45) is 0 Å². The molecule has 2 atom stereocenters. The van der Waals surface area contributed by atoms with E-state index in [-0.39, 0.29) is 17.9 Å². The second-order valence-corrected chi connectivity index (χ2v) is 6.35. The van der Waals surface area contributed by atoms with Crippen LogP contribution in [0.15, 0.2) is 24.3 Å². The van der Waals surface area contributed by atoms with Crippen LogP contribution >= 0.6 is 0 Å². The van der Waals surface area contributed by atoms with Gasteiger partial charge in [0.2, 0.25) is 5.91 Å². The summed E-state index contributed by atoms with van der Waals surface area (Å²) in [5.74, 6) is 0.457. The molecule has 1 heterocycles. The SMILES string of the molecule is CCOc1ccccc1C(=O)NCCCC(=O)NC1CCCNC1C. The lowest BCUT2D eigenvalue weighted by Crippen LogP contribution is -2.51. The molecule has 138 valence electrons. The summed E-state index contributed by atoms with van der Waals surface area (Å²) < 4.78 is 5.47. The van der Waals surface area contributed by atoms with Gasteiger partial charge in [0.25, 0.3) is 5.91 Å². The predicted octanol–water partition coefficient (Wildman–Crippen LogP) is 1.85. The number of carbonyl (C=O) groups excluding carboxylic acids is 2. The summed E-state index contributed by atoms with van der Waals surface area (Å²) >= 11 is 0. The summed E-state index contributed by atoms with van der Waals surface area (Å²) in [5.41, 5.74) is 0.524. The maximum Gasteiger partial charge on any atom is 0.255 e. The molecule has 0 bridgehead atoms. The zero-order valence-corrected chi connectivity index (χ0v) is 15.1. The highest BCUT2D eigenvalue weighted by Gasteiger charge is 2.22. The van der Waals surface area contributed by atoms with Gasteiger partial charge in [0.05, 0.1) is 12.2 Å². The van der Waals surface area contributed by atoms with E-state index in [0.29, 0.717) is 43.3 Å². The molecule has 0 radical (unpaired) electrons. The van der Waals surface area contributed by atoms with Crippen LogP contribution in [0.4, 0.5) is 0 Å². The van der Waals surface area contributed by atoms with Crippen LogP contribution in [0.1, 0.15) is 49.9 Å². The second kappa shape index (κ2) is 10.0. The van der Waals surface area contributed by atoms with E-state index in [4.69, 9.17) is 4.74 Å². The Morgan fingerprint density at radius 2 is 2.12 bits per heavy atom. The fourth-order valence-electron chi connectivity index (χ4n) is 3.00. The van der Waals surface area contributed by atoms with E-state index < -0.39 is 0 Å². The predicted molar refractivity (Wildman–Crippen MR) is 97.8 cm³/mol. The van der Waals surface area contributed by atoms with Crippen LogP contribution in [0, 0.1) is 0 Å². The van der Waals surface area contributed by atoms with Crippen molar-refractivity contribution in [1.29, 1.82) is 0 Å². The maximum atomic E-state index is 12.2. The van der Waals surface area contributed by atoms with E-state index in [1.165, 1.54) is 0 Å². The summed E-state index contributed by atoms with van der Waals surface area (Å²) in [4.78, 5) is 24.3. The van der Waals surface area contributed by atoms with Crippen LogP contribution in [0.25, 0.3) is 0 Å². The van der Waals surface area contributed by atoms with E-state index in [1.54, 1.807) is 12.1 Å². The number of rotatable bonds is 8. The Balaban J connectivity index is 1.70. The molecule has 0 aromatic heterocycles. The van der Waals surface area contributed by atoms with Gasteiger partial charge in [0, 0.05) is 25.0 Å². The van der Waals surface area contributed by atoms with Crippen molar-refractivity contribution < 1.29 is 14.3 Å². The molecule has 1 fully saturated rings. The Kier molecular flexibility index (Phi) is 7.73. The van der Waals surface area contributed by atoms with Gasteiger partial charge in [-0.2, -0.15) is 0 Å². The minimum atomic E-state index is -0.172. The molecule has 0 saturated carbocycles. The van der Waals surface area contributed by atoms with E-state index in [1.807, 2.05) is 19.1 Å². The van der Waals surface area contributed by atoms with Gasteiger partial charge in [0.15, 0.2) is 0 Å². The minimum absolute atomic E-state index is 0.0458. The Morgan fingerprint density at radius 1 is 1.32 bits per heavy atom. The topological polar surface area (TPSA) is 79.5 Å². The smallest absolute Gasteiger partial charge is 0.255 e. The molecule has 6 heteroatoms. The zero-order valence-electron chi connectivity index (χ0n) is 15.1. The number of amides is 2. The highest BCUT2D eigenvalue weighted by molar-refractivity contribution is 5.96. The van der Waals surface area contributed by atoms with Gasteiger partial charge in [-0.25, -0.2) is 0 Å². The first kappa shape index (κ1) is 19.2. The first-order chi connectivity index (χ1) is 12.1. The second-order valence-electron chi connectivity index (χ2n) is 6.35. The average Bonchev–Trinajstić information content (AvgIpc) is 2.61. The lowest BCUT2D eigenvalue weighted by molar-refractivity contribution is -0.122. The van der Waals surface area contributed by atoms with Crippen LogP contribution < -0.4 is 20.7 Å². The average molecular weight is 347 g/mol.